The molecule has 0 spiro atoms. The summed E-state index contributed by atoms with van der Waals surface area (Å²) in [5.41, 5.74) is 1.27. The van der Waals surface area contributed by atoms with E-state index in [0.29, 0.717) is 31.1 Å². The van der Waals surface area contributed by atoms with Crippen LogP contribution in [0, 0.1) is 19.8 Å². The van der Waals surface area contributed by atoms with Crippen LogP contribution in [0.15, 0.2) is 41.3 Å². The molecule has 9 nitrogen and oxygen atoms in total. The zero-order valence-electron chi connectivity index (χ0n) is 29.8. The fraction of sp³-hybridized carbons (Fsp3) is 0.579. The van der Waals surface area contributed by atoms with E-state index in [2.05, 4.69) is 6.92 Å². The fourth-order valence-corrected chi connectivity index (χ4v) is 6.94. The van der Waals surface area contributed by atoms with Gasteiger partial charge in [-0.25, -0.2) is 14.4 Å². The fourth-order valence-electron chi connectivity index (χ4n) is 5.95. The number of ketones is 1. The zero-order chi connectivity index (χ0) is 36.0. The van der Waals surface area contributed by atoms with Crippen LogP contribution in [0.3, 0.4) is 0 Å². The smallest absolute Gasteiger partial charge is 0.409 e. The predicted molar refractivity (Wildman–Crippen MR) is 193 cm³/mol. The summed E-state index contributed by atoms with van der Waals surface area (Å²) in [5.74, 6) is 0.376. The quantitative estimate of drug-likeness (QED) is 0.0351. The summed E-state index contributed by atoms with van der Waals surface area (Å²) in [4.78, 5) is 53.1. The van der Waals surface area contributed by atoms with Gasteiger partial charge in [0.25, 0.3) is 0 Å². The van der Waals surface area contributed by atoms with Crippen LogP contribution < -0.4 is 4.74 Å². The van der Waals surface area contributed by atoms with E-state index in [0.717, 1.165) is 72.3 Å². The number of carbonyl (C=O) groups excluding carboxylic acids is 4. The van der Waals surface area contributed by atoms with Gasteiger partial charge in [0.05, 0.1) is 19.8 Å². The first-order valence-corrected chi connectivity index (χ1v) is 18.7. The van der Waals surface area contributed by atoms with Gasteiger partial charge in [-0.3, -0.25) is 4.79 Å². The molecule has 11 heteroatoms. The second kappa shape index (κ2) is 19.8. The number of rotatable bonds is 19. The Morgan fingerprint density at radius 3 is 2.12 bits per heavy atom. The van der Waals surface area contributed by atoms with E-state index in [1.807, 2.05) is 50.2 Å². The Morgan fingerprint density at radius 2 is 1.49 bits per heavy atom. The maximum Gasteiger partial charge on any atom is 0.409 e. The van der Waals surface area contributed by atoms with Gasteiger partial charge in [0.2, 0.25) is 0 Å². The SMILES string of the molecule is CCCCCOC(=O)N1CC(C(=O)c2ccc(SCCCCCCOC(=O)Cl)cc2)[C@@H](c2cc(C)c(OC(C)(C)C(=O)OCC)c(C)c2)C1. The molecule has 1 saturated heterocycles. The highest BCUT2D eigenvalue weighted by Gasteiger charge is 2.42. The molecule has 1 unspecified atom stereocenters. The molecule has 1 aliphatic heterocycles. The van der Waals surface area contributed by atoms with Crippen LogP contribution in [0.1, 0.15) is 106 Å². The van der Waals surface area contributed by atoms with Gasteiger partial charge in [0, 0.05) is 47.0 Å². The predicted octanol–water partition coefficient (Wildman–Crippen LogP) is 9.28. The molecule has 49 heavy (non-hydrogen) atoms. The summed E-state index contributed by atoms with van der Waals surface area (Å²) < 4.78 is 21.7. The van der Waals surface area contributed by atoms with Crippen LogP contribution in [-0.2, 0) is 19.0 Å². The first-order chi connectivity index (χ1) is 23.4. The first-order valence-electron chi connectivity index (χ1n) is 17.4. The van der Waals surface area contributed by atoms with E-state index in [1.165, 1.54) is 0 Å². The van der Waals surface area contributed by atoms with E-state index >= 15 is 0 Å². The summed E-state index contributed by atoms with van der Waals surface area (Å²) in [6.45, 7) is 12.7. The second-order valence-electron chi connectivity index (χ2n) is 13.0. The number of carbonyl (C=O) groups is 4. The number of ether oxygens (including phenoxy) is 4. The van der Waals surface area contributed by atoms with Gasteiger partial charge in [-0.15, -0.1) is 11.8 Å². The lowest BCUT2D eigenvalue weighted by molar-refractivity contribution is -0.158. The number of unbranched alkanes of at least 4 members (excludes halogenated alkanes) is 5. The van der Waals surface area contributed by atoms with Gasteiger partial charge in [-0.1, -0.05) is 56.9 Å². The molecule has 1 aliphatic rings. The normalized spacial score (nSPS) is 15.9. The molecule has 0 saturated carbocycles. The Balaban J connectivity index is 1.74. The van der Waals surface area contributed by atoms with Crippen molar-refractivity contribution in [2.75, 3.05) is 38.7 Å². The van der Waals surface area contributed by atoms with Gasteiger partial charge < -0.3 is 23.8 Å². The van der Waals surface area contributed by atoms with Crippen LogP contribution >= 0.6 is 23.4 Å². The summed E-state index contributed by atoms with van der Waals surface area (Å²) in [6.07, 6.45) is 6.23. The number of nitrogens with zero attached hydrogens (tertiary/aromatic N) is 1. The average Bonchev–Trinajstić information content (AvgIpc) is 3.51. The molecule has 3 rings (SSSR count). The molecule has 0 aliphatic carbocycles. The number of likely N-dealkylation sites (tertiary alicyclic amines) is 1. The molecule has 2 aromatic carbocycles. The van der Waals surface area contributed by atoms with Crippen LogP contribution in [0.2, 0.25) is 0 Å². The van der Waals surface area contributed by atoms with E-state index < -0.39 is 29.0 Å². The molecule has 1 amide bonds. The summed E-state index contributed by atoms with van der Waals surface area (Å²) >= 11 is 6.92. The molecule has 0 radical (unpaired) electrons. The first kappa shape index (κ1) is 40.2. The molecule has 270 valence electrons. The van der Waals surface area contributed by atoms with Gasteiger partial charge in [0.15, 0.2) is 11.4 Å². The van der Waals surface area contributed by atoms with Gasteiger partial charge in [-0.05, 0) is 88.5 Å². The lowest BCUT2D eigenvalue weighted by Gasteiger charge is -2.27. The minimum absolute atomic E-state index is 0.0143. The van der Waals surface area contributed by atoms with Crippen molar-refractivity contribution in [3.05, 3.63) is 58.7 Å². The second-order valence-corrected chi connectivity index (χ2v) is 14.5. The summed E-state index contributed by atoms with van der Waals surface area (Å²) in [6, 6.07) is 11.7. The minimum atomic E-state index is -1.18. The van der Waals surface area contributed by atoms with Crippen LogP contribution in [-0.4, -0.2) is 72.4 Å². The molecular weight excluding hydrogens is 666 g/mol. The average molecular weight is 718 g/mol. The van der Waals surface area contributed by atoms with Crippen molar-refractivity contribution in [2.45, 2.75) is 103 Å². The summed E-state index contributed by atoms with van der Waals surface area (Å²) in [7, 11) is 0. The number of hydrogen-bond acceptors (Lipinski definition) is 9. The van der Waals surface area contributed by atoms with Crippen LogP contribution in [0.25, 0.3) is 0 Å². The number of esters is 1. The maximum atomic E-state index is 14.1. The molecule has 1 fully saturated rings. The maximum absolute atomic E-state index is 14.1. The van der Waals surface area contributed by atoms with Gasteiger partial charge in [-0.2, -0.15) is 0 Å². The van der Waals surface area contributed by atoms with Crippen molar-refractivity contribution in [1.29, 1.82) is 0 Å². The Hall–Kier alpha value is -3.24. The van der Waals surface area contributed by atoms with Crippen molar-refractivity contribution < 1.29 is 38.1 Å². The Labute approximate surface area is 300 Å². The van der Waals surface area contributed by atoms with E-state index in [4.69, 9.17) is 30.5 Å². The van der Waals surface area contributed by atoms with Crippen LogP contribution in [0.5, 0.6) is 5.75 Å². The molecule has 0 bridgehead atoms. The molecule has 2 aromatic rings. The lowest BCUT2D eigenvalue weighted by Crippen LogP contribution is -2.40. The highest BCUT2D eigenvalue weighted by molar-refractivity contribution is 7.99. The third kappa shape index (κ3) is 12.2. The van der Waals surface area contributed by atoms with Crippen molar-refractivity contribution in [2.24, 2.45) is 5.92 Å². The Bertz CT molecular complexity index is 1390. The van der Waals surface area contributed by atoms with Gasteiger partial charge in [0.1, 0.15) is 5.75 Å². The minimum Gasteiger partial charge on any atom is -0.476 e. The van der Waals surface area contributed by atoms with Crippen molar-refractivity contribution >= 4 is 46.6 Å². The van der Waals surface area contributed by atoms with Crippen molar-refractivity contribution in [3.63, 3.8) is 0 Å². The number of amides is 1. The molecular formula is C38H52ClNO8S. The highest BCUT2D eigenvalue weighted by atomic mass is 35.5. The largest absolute Gasteiger partial charge is 0.476 e. The van der Waals surface area contributed by atoms with E-state index in [-0.39, 0.29) is 24.9 Å². The number of hydrogen-bond donors (Lipinski definition) is 0. The Kier molecular flexibility index (Phi) is 16.3. The monoisotopic (exact) mass is 717 g/mol. The third-order valence-electron chi connectivity index (χ3n) is 8.59. The molecule has 2 atom stereocenters. The molecule has 0 aromatic heterocycles. The van der Waals surface area contributed by atoms with Crippen molar-refractivity contribution in [1.82, 2.24) is 4.90 Å². The van der Waals surface area contributed by atoms with Gasteiger partial charge >= 0.3 is 17.5 Å². The zero-order valence-corrected chi connectivity index (χ0v) is 31.4. The van der Waals surface area contributed by atoms with Crippen LogP contribution in [0.4, 0.5) is 9.59 Å². The van der Waals surface area contributed by atoms with E-state index in [9.17, 15) is 19.2 Å². The lowest BCUT2D eigenvalue weighted by atomic mass is 9.82. The highest BCUT2D eigenvalue weighted by Crippen LogP contribution is 2.39. The molecule has 0 N–H and O–H groups in total. The number of aryl methyl sites for hydroxylation is 2. The van der Waals surface area contributed by atoms with Crippen molar-refractivity contribution in [3.8, 4) is 5.75 Å². The number of halogens is 1. The Morgan fingerprint density at radius 1 is 0.857 bits per heavy atom. The van der Waals surface area contributed by atoms with E-state index in [1.54, 1.807) is 37.4 Å². The number of thioether (sulfide) groups is 1. The topological polar surface area (TPSA) is 108 Å². The molecule has 1 heterocycles. The standard InChI is InChI=1S/C38H52ClNO8S/c1-7-9-12-20-47-37(44)40-24-31(29-22-26(3)34(27(4)23-29)48-38(5,6)35(42)45-8-2)32(25-40)33(41)28-15-17-30(18-16-28)49-21-14-11-10-13-19-46-36(39)43/h15-18,22-23,31-32H,7-14,19-21,24-25H2,1-6H3/t31-,32?/m1/s1. The number of Topliss-reactive ketones (excluding diaryl/α,β-unsaturated/α-hetero) is 1. The summed E-state index contributed by atoms with van der Waals surface area (Å²) in [5, 5.41) is 0. The number of benzene rings is 2. The third-order valence-corrected chi connectivity index (χ3v) is 9.79.